The molecule has 2 rings (SSSR count). The molecule has 18 heavy (non-hydrogen) atoms. The molecular formula is C12H18ClN3O2. The first-order valence-corrected chi connectivity index (χ1v) is 6.64. The Bertz CT molecular complexity index is 549. The van der Waals surface area contributed by atoms with E-state index in [1.54, 1.807) is 0 Å². The molecule has 0 aromatic carbocycles. The van der Waals surface area contributed by atoms with Gasteiger partial charge in [-0.05, 0) is 32.9 Å². The Kier molecular flexibility index (Phi) is 3.92. The van der Waals surface area contributed by atoms with Gasteiger partial charge < -0.3 is 4.90 Å². The molecule has 1 unspecified atom stereocenters. The van der Waals surface area contributed by atoms with Crippen LogP contribution in [0.1, 0.15) is 31.4 Å². The van der Waals surface area contributed by atoms with Crippen molar-refractivity contribution in [3.63, 3.8) is 0 Å². The summed E-state index contributed by atoms with van der Waals surface area (Å²) < 4.78 is 1.33. The van der Waals surface area contributed by atoms with E-state index in [2.05, 4.69) is 9.88 Å². The highest BCUT2D eigenvalue weighted by Gasteiger charge is 2.23. The molecule has 6 heteroatoms. The van der Waals surface area contributed by atoms with Crippen molar-refractivity contribution in [2.45, 2.75) is 32.2 Å². The molecule has 1 N–H and O–H groups in total. The topological polar surface area (TPSA) is 58.1 Å². The fourth-order valence-corrected chi connectivity index (χ4v) is 2.84. The number of likely N-dealkylation sites (tertiary alicyclic amines) is 1. The third-order valence-corrected chi connectivity index (χ3v) is 3.82. The van der Waals surface area contributed by atoms with Gasteiger partial charge in [-0.1, -0.05) is 18.5 Å². The average molecular weight is 272 g/mol. The fourth-order valence-electron chi connectivity index (χ4n) is 2.55. The van der Waals surface area contributed by atoms with Crippen LogP contribution < -0.4 is 11.2 Å². The zero-order valence-electron chi connectivity index (χ0n) is 10.7. The number of likely N-dealkylation sites (N-methyl/N-ethyl adjacent to an activating group) is 1. The van der Waals surface area contributed by atoms with Gasteiger partial charge in [0.1, 0.15) is 5.15 Å². The van der Waals surface area contributed by atoms with Crippen LogP contribution in [0.5, 0.6) is 0 Å². The van der Waals surface area contributed by atoms with E-state index in [4.69, 9.17) is 11.6 Å². The predicted octanol–water partition coefficient (Wildman–Crippen LogP) is 1.02. The van der Waals surface area contributed by atoms with Crippen molar-refractivity contribution in [3.8, 4) is 0 Å². The van der Waals surface area contributed by atoms with E-state index in [1.807, 2.05) is 14.0 Å². The van der Waals surface area contributed by atoms with Crippen molar-refractivity contribution in [1.29, 1.82) is 0 Å². The molecule has 1 aromatic rings. The van der Waals surface area contributed by atoms with Crippen LogP contribution in [0.15, 0.2) is 9.59 Å². The number of nitrogens with one attached hydrogen (secondary N) is 1. The van der Waals surface area contributed by atoms with Gasteiger partial charge in [-0.15, -0.1) is 0 Å². The summed E-state index contributed by atoms with van der Waals surface area (Å²) in [7, 11) is 2.00. The molecule has 1 aliphatic heterocycles. The molecule has 0 bridgehead atoms. The summed E-state index contributed by atoms with van der Waals surface area (Å²) in [4.78, 5) is 28.9. The zero-order chi connectivity index (χ0) is 13.3. The van der Waals surface area contributed by atoms with Crippen LogP contribution in [0.3, 0.4) is 0 Å². The highest BCUT2D eigenvalue weighted by atomic mass is 35.5. The molecule has 0 aliphatic carbocycles. The molecular weight excluding hydrogens is 254 g/mol. The molecule has 1 aliphatic rings. The van der Waals surface area contributed by atoms with Gasteiger partial charge in [0.25, 0.3) is 5.56 Å². The Morgan fingerprint density at radius 2 is 2.17 bits per heavy atom. The van der Waals surface area contributed by atoms with Crippen molar-refractivity contribution >= 4 is 11.6 Å². The Morgan fingerprint density at radius 3 is 2.78 bits per heavy atom. The van der Waals surface area contributed by atoms with Gasteiger partial charge in [0, 0.05) is 6.54 Å². The molecule has 0 spiro atoms. The molecule has 2 heterocycles. The van der Waals surface area contributed by atoms with E-state index in [0.29, 0.717) is 12.0 Å². The highest BCUT2D eigenvalue weighted by molar-refractivity contribution is 6.30. The lowest BCUT2D eigenvalue weighted by atomic mass is 10.1. The summed E-state index contributed by atoms with van der Waals surface area (Å²) in [6.45, 7) is 3.60. The quantitative estimate of drug-likeness (QED) is 0.817. The van der Waals surface area contributed by atoms with Crippen LogP contribution in [0.2, 0.25) is 5.15 Å². The summed E-state index contributed by atoms with van der Waals surface area (Å²) >= 11 is 5.90. The smallest absolute Gasteiger partial charge is 0.304 e. The Morgan fingerprint density at radius 1 is 1.44 bits per heavy atom. The van der Waals surface area contributed by atoms with E-state index in [-0.39, 0.29) is 16.8 Å². The van der Waals surface area contributed by atoms with Crippen LogP contribution >= 0.6 is 11.6 Å². The van der Waals surface area contributed by atoms with Crippen LogP contribution in [0.25, 0.3) is 0 Å². The number of nitrogens with zero attached hydrogens (tertiary/aromatic N) is 2. The van der Waals surface area contributed by atoms with E-state index >= 15 is 0 Å². The number of H-pyrrole nitrogens is 1. The summed E-state index contributed by atoms with van der Waals surface area (Å²) in [5.41, 5.74) is -0.154. The van der Waals surface area contributed by atoms with Crippen molar-refractivity contribution in [2.24, 2.45) is 0 Å². The molecule has 0 saturated carbocycles. The first-order valence-electron chi connectivity index (χ1n) is 6.26. The predicted molar refractivity (Wildman–Crippen MR) is 71.5 cm³/mol. The van der Waals surface area contributed by atoms with Gasteiger partial charge in [0.05, 0.1) is 11.6 Å². The number of rotatable bonds is 2. The number of piperidine rings is 1. The SMILES string of the molecule is CCc1c(Cl)[nH]c(=O)n(C2CCCN(C)C2)c1=O. The minimum absolute atomic E-state index is 0.0532. The van der Waals surface area contributed by atoms with Gasteiger partial charge >= 0.3 is 5.69 Å². The van der Waals surface area contributed by atoms with Crippen molar-refractivity contribution in [2.75, 3.05) is 20.1 Å². The maximum absolute atomic E-state index is 12.3. The van der Waals surface area contributed by atoms with Crippen molar-refractivity contribution < 1.29 is 0 Å². The lowest BCUT2D eigenvalue weighted by molar-refractivity contribution is 0.205. The lowest BCUT2D eigenvalue weighted by Gasteiger charge is -2.30. The second-order valence-electron chi connectivity index (χ2n) is 4.81. The maximum atomic E-state index is 12.3. The molecule has 0 amide bonds. The van der Waals surface area contributed by atoms with E-state index < -0.39 is 5.69 Å². The molecule has 1 fully saturated rings. The number of aromatic amines is 1. The number of aromatic nitrogens is 2. The summed E-state index contributed by atoms with van der Waals surface area (Å²) in [5.74, 6) is 0. The highest BCUT2D eigenvalue weighted by Crippen LogP contribution is 2.18. The fraction of sp³-hybridized carbons (Fsp3) is 0.667. The lowest BCUT2D eigenvalue weighted by Crippen LogP contribution is -2.45. The second kappa shape index (κ2) is 5.28. The van der Waals surface area contributed by atoms with Crippen LogP contribution in [0, 0.1) is 0 Å². The largest absolute Gasteiger partial charge is 0.329 e. The van der Waals surface area contributed by atoms with E-state index in [1.165, 1.54) is 4.57 Å². The first-order chi connectivity index (χ1) is 8.54. The number of halogens is 1. The molecule has 0 radical (unpaired) electrons. The Labute approximate surface area is 110 Å². The first kappa shape index (κ1) is 13.4. The third kappa shape index (κ3) is 2.37. The van der Waals surface area contributed by atoms with E-state index in [9.17, 15) is 9.59 Å². The van der Waals surface area contributed by atoms with Crippen molar-refractivity contribution in [1.82, 2.24) is 14.5 Å². The summed E-state index contributed by atoms with van der Waals surface area (Å²) in [5, 5.41) is 0.174. The molecule has 5 nitrogen and oxygen atoms in total. The molecule has 1 saturated heterocycles. The molecule has 1 atom stereocenters. The maximum Gasteiger partial charge on any atom is 0.329 e. The van der Waals surface area contributed by atoms with Gasteiger partial charge in [-0.3, -0.25) is 14.3 Å². The van der Waals surface area contributed by atoms with Crippen LogP contribution in [0.4, 0.5) is 0 Å². The van der Waals surface area contributed by atoms with Gasteiger partial charge in [-0.25, -0.2) is 4.79 Å². The summed E-state index contributed by atoms with van der Waals surface area (Å²) in [6.07, 6.45) is 2.38. The Balaban J connectivity index is 2.50. The van der Waals surface area contributed by atoms with Gasteiger partial charge in [0.15, 0.2) is 0 Å². The number of hydrogen-bond donors (Lipinski definition) is 1. The minimum Gasteiger partial charge on any atom is -0.304 e. The van der Waals surface area contributed by atoms with Crippen LogP contribution in [-0.2, 0) is 6.42 Å². The number of hydrogen-bond acceptors (Lipinski definition) is 3. The van der Waals surface area contributed by atoms with E-state index in [0.717, 1.165) is 25.9 Å². The van der Waals surface area contributed by atoms with Crippen LogP contribution in [-0.4, -0.2) is 34.6 Å². The Hall–Kier alpha value is -1.07. The van der Waals surface area contributed by atoms with Gasteiger partial charge in [0.2, 0.25) is 0 Å². The normalized spacial score (nSPS) is 21.2. The molecule has 1 aromatic heterocycles. The molecule has 100 valence electrons. The van der Waals surface area contributed by atoms with Gasteiger partial charge in [-0.2, -0.15) is 0 Å². The minimum atomic E-state index is -0.400. The standard InChI is InChI=1S/C12H18ClN3O2/c1-3-9-10(13)14-12(18)16(11(9)17)8-5-4-6-15(2)7-8/h8H,3-7H2,1-2H3,(H,14,18). The zero-order valence-corrected chi connectivity index (χ0v) is 11.5. The third-order valence-electron chi connectivity index (χ3n) is 3.50. The van der Waals surface area contributed by atoms with Crippen molar-refractivity contribution in [3.05, 3.63) is 31.6 Å². The monoisotopic (exact) mass is 271 g/mol. The average Bonchev–Trinajstić information content (AvgIpc) is 2.28. The summed E-state index contributed by atoms with van der Waals surface area (Å²) in [6, 6.07) is -0.0532. The second-order valence-corrected chi connectivity index (χ2v) is 5.19.